The maximum Gasteiger partial charge on any atom is 0.420 e. The molecule has 0 spiro atoms. The topological polar surface area (TPSA) is 222 Å². The van der Waals surface area contributed by atoms with E-state index in [-0.39, 0.29) is 19.6 Å². The van der Waals surface area contributed by atoms with Crippen LogP contribution in [0.4, 0.5) is 45.9 Å². The van der Waals surface area contributed by atoms with Gasteiger partial charge in [-0.1, -0.05) is 0 Å². The highest BCUT2D eigenvalue weighted by Crippen LogP contribution is 2.35. The van der Waals surface area contributed by atoms with Gasteiger partial charge in [0.05, 0.1) is 0 Å². The van der Waals surface area contributed by atoms with E-state index in [1.165, 1.54) is 27.7 Å². The second-order valence-corrected chi connectivity index (χ2v) is 13.4. The van der Waals surface area contributed by atoms with Crippen LogP contribution in [-0.4, -0.2) is 128 Å². The molecule has 24 heteroatoms. The number of carbonyl (C=O) groups excluding carboxylic acids is 9. The van der Waals surface area contributed by atoms with Crippen molar-refractivity contribution >= 4 is 54.2 Å². The zero-order chi connectivity index (χ0) is 41.3. The van der Waals surface area contributed by atoms with Gasteiger partial charge in [0.25, 0.3) is 17.7 Å². The third kappa shape index (κ3) is 6.68. The minimum absolute atomic E-state index is 0.0600. The Balaban J connectivity index is 1.46. The molecular formula is C31H29F5N4O15. The van der Waals surface area contributed by atoms with Gasteiger partial charge in [-0.15, -0.1) is 0 Å². The van der Waals surface area contributed by atoms with E-state index in [4.69, 9.17) is 23.7 Å². The number of imide groups is 4. The van der Waals surface area contributed by atoms with Gasteiger partial charge in [0.1, 0.15) is 30.0 Å². The number of halogens is 5. The molecule has 4 aliphatic heterocycles. The number of rotatable bonds is 5. The van der Waals surface area contributed by atoms with Crippen LogP contribution in [0.3, 0.4) is 0 Å². The first-order valence-electron chi connectivity index (χ1n) is 16.0. The fourth-order valence-corrected chi connectivity index (χ4v) is 6.09. The van der Waals surface area contributed by atoms with E-state index in [0.717, 1.165) is 20.8 Å². The molecule has 0 unspecified atom stereocenters. The molecule has 8 atom stereocenters. The number of hydrogen-bond donors (Lipinski definition) is 0. The summed E-state index contributed by atoms with van der Waals surface area (Å²) in [5.74, 6) is -21.5. The second-order valence-electron chi connectivity index (χ2n) is 13.4. The van der Waals surface area contributed by atoms with Gasteiger partial charge in [0.15, 0.2) is 24.2 Å². The van der Waals surface area contributed by atoms with Crippen molar-refractivity contribution in [2.24, 2.45) is 0 Å². The van der Waals surface area contributed by atoms with Gasteiger partial charge >= 0.3 is 36.4 Å². The first-order valence-corrected chi connectivity index (χ1v) is 16.0. The molecule has 0 aliphatic carbocycles. The maximum atomic E-state index is 14.3. The number of amides is 8. The van der Waals surface area contributed by atoms with Crippen molar-refractivity contribution in [1.82, 2.24) is 19.6 Å². The summed E-state index contributed by atoms with van der Waals surface area (Å²) in [5.41, 5.74) is -1.19. The van der Waals surface area contributed by atoms with Crippen molar-refractivity contribution in [2.75, 3.05) is 0 Å². The number of benzene rings is 1. The van der Waals surface area contributed by atoms with Crippen molar-refractivity contribution in [1.29, 1.82) is 0 Å². The van der Waals surface area contributed by atoms with Gasteiger partial charge in [-0.2, -0.15) is 13.7 Å². The smallest absolute Gasteiger partial charge is 0.420 e. The molecule has 298 valence electrons. The molecule has 19 nitrogen and oxygen atoms in total. The summed E-state index contributed by atoms with van der Waals surface area (Å²) in [7, 11) is 0. The van der Waals surface area contributed by atoms with Crippen LogP contribution < -0.4 is 4.74 Å². The van der Waals surface area contributed by atoms with Crippen LogP contribution in [0.5, 0.6) is 5.75 Å². The molecule has 1 aromatic carbocycles. The first kappa shape index (κ1) is 40.1. The Morgan fingerprint density at radius 1 is 0.509 bits per heavy atom. The highest BCUT2D eigenvalue weighted by atomic mass is 19.2. The Hall–Kier alpha value is -6.10. The Kier molecular flexibility index (Phi) is 10.2. The molecule has 4 saturated heterocycles. The average Bonchev–Trinajstić information content (AvgIpc) is 3.76. The summed E-state index contributed by atoms with van der Waals surface area (Å²) in [6, 6.07) is -8.67. The highest BCUT2D eigenvalue weighted by Gasteiger charge is 2.61. The van der Waals surface area contributed by atoms with E-state index in [9.17, 15) is 65.1 Å². The van der Waals surface area contributed by atoms with Crippen LogP contribution in [0.15, 0.2) is 0 Å². The summed E-state index contributed by atoms with van der Waals surface area (Å²) < 4.78 is 99.3. The van der Waals surface area contributed by atoms with E-state index < -0.39 is 143 Å². The monoisotopic (exact) mass is 792 g/mol. The van der Waals surface area contributed by atoms with E-state index in [2.05, 4.69) is 4.74 Å². The third-order valence-corrected chi connectivity index (χ3v) is 8.50. The summed E-state index contributed by atoms with van der Waals surface area (Å²) >= 11 is 0. The van der Waals surface area contributed by atoms with E-state index in [1.54, 1.807) is 0 Å². The molecule has 4 heterocycles. The van der Waals surface area contributed by atoms with Crippen LogP contribution in [0.1, 0.15) is 48.5 Å². The summed E-state index contributed by atoms with van der Waals surface area (Å²) in [6.45, 7) is 8.58. The fraction of sp³-hybridized carbons (Fsp3) is 0.516. The maximum absolute atomic E-state index is 14.3. The lowest BCUT2D eigenvalue weighted by Crippen LogP contribution is -2.62. The zero-order valence-corrected chi connectivity index (χ0v) is 29.4. The lowest BCUT2D eigenvalue weighted by molar-refractivity contribution is -0.150. The Bertz CT molecular complexity index is 1910. The van der Waals surface area contributed by atoms with Crippen molar-refractivity contribution in [3.05, 3.63) is 29.1 Å². The number of hydrogen-bond acceptors (Lipinski definition) is 15. The summed E-state index contributed by atoms with van der Waals surface area (Å²) in [4.78, 5) is 120. The van der Waals surface area contributed by atoms with E-state index >= 15 is 0 Å². The molecule has 0 aromatic heterocycles. The molecule has 4 fully saturated rings. The van der Waals surface area contributed by atoms with Crippen molar-refractivity contribution in [3.63, 3.8) is 0 Å². The van der Waals surface area contributed by atoms with Gasteiger partial charge in [-0.05, 0) is 48.5 Å². The van der Waals surface area contributed by atoms with Crippen LogP contribution in [-0.2, 0) is 42.9 Å². The summed E-state index contributed by atoms with van der Waals surface area (Å²) in [6.07, 6.45) is -14.0. The van der Waals surface area contributed by atoms with Gasteiger partial charge < -0.3 is 28.4 Å². The first-order chi connectivity index (χ1) is 25.4. The molecule has 0 radical (unpaired) electrons. The Morgan fingerprint density at radius 2 is 0.800 bits per heavy atom. The number of cyclic esters (lactones) is 4. The molecular weight excluding hydrogens is 763 g/mol. The highest BCUT2D eigenvalue weighted by molar-refractivity contribution is 6.11. The third-order valence-electron chi connectivity index (χ3n) is 8.50. The molecule has 5 rings (SSSR count). The quantitative estimate of drug-likeness (QED) is 0.104. The molecule has 55 heavy (non-hydrogen) atoms. The second kappa shape index (κ2) is 14.0. The SMILES string of the molecule is C[C@H]1OC(=O)N(C(=O)OC(C)(C)C)[C@@H]1C(=O)N1C(=O)O[C@H](C)[C@H]1C(=O)N1C(=O)O[C@H](C)[C@H]1C(=O)N1C(=O)O[C@H](C)[C@H]1C(=O)Oc1c(F)c(F)c(F)c(F)c1F. The van der Waals surface area contributed by atoms with E-state index in [0.29, 0.717) is 0 Å². The van der Waals surface area contributed by atoms with Gasteiger partial charge in [-0.3, -0.25) is 14.4 Å². The Morgan fingerprint density at radius 3 is 1.16 bits per heavy atom. The van der Waals surface area contributed by atoms with Crippen molar-refractivity contribution in [3.8, 4) is 5.75 Å². The van der Waals surface area contributed by atoms with Gasteiger partial charge in [0.2, 0.25) is 34.8 Å². The minimum atomic E-state index is -2.59. The number of esters is 1. The zero-order valence-electron chi connectivity index (χ0n) is 29.4. The molecule has 0 N–H and O–H groups in total. The predicted molar refractivity (Wildman–Crippen MR) is 159 cm³/mol. The van der Waals surface area contributed by atoms with Gasteiger partial charge in [0, 0.05) is 0 Å². The molecule has 0 bridgehead atoms. The predicted octanol–water partition coefficient (Wildman–Crippen LogP) is 2.64. The van der Waals surface area contributed by atoms with Crippen LogP contribution >= 0.6 is 0 Å². The van der Waals surface area contributed by atoms with Crippen LogP contribution in [0, 0.1) is 29.1 Å². The lowest BCUT2D eigenvalue weighted by Gasteiger charge is -2.31. The number of ether oxygens (including phenoxy) is 6. The normalized spacial score (nSPS) is 27.9. The fourth-order valence-electron chi connectivity index (χ4n) is 6.09. The standard InChI is InChI=1S/C31H29F5N4O15/c1-8-17(38(27(46)50-8)24(43)19-10(3)52-29(48)40(19)30(49)55-31(5,6)7)22(41)37-18(9(2)51-26(37)45)23(42)39-20(11(4)53-28(39)47)25(44)54-21-15(35)13(33)12(32)14(34)16(21)36/h8-11,17-20H,1-7H3/t8-,9-,10-,11-,17+,18+,19+,20+/m1/s1. The van der Waals surface area contributed by atoms with Crippen molar-refractivity contribution < 1.29 is 93.5 Å². The average molecular weight is 793 g/mol. The molecule has 8 amide bonds. The molecule has 4 aliphatic rings. The molecule has 0 saturated carbocycles. The number of carbonyl (C=O) groups is 9. The van der Waals surface area contributed by atoms with Crippen LogP contribution in [0.25, 0.3) is 0 Å². The van der Waals surface area contributed by atoms with Gasteiger partial charge in [-0.25, -0.2) is 56.6 Å². The molecule has 1 aromatic rings. The Labute approximate surface area is 305 Å². The lowest BCUT2D eigenvalue weighted by atomic mass is 10.0. The number of nitrogens with zero attached hydrogens (tertiary/aromatic N) is 4. The minimum Gasteiger partial charge on any atom is -0.443 e. The van der Waals surface area contributed by atoms with E-state index in [1.807, 2.05) is 0 Å². The largest absolute Gasteiger partial charge is 0.443 e. The van der Waals surface area contributed by atoms with Crippen molar-refractivity contribution in [2.45, 2.75) is 103 Å². The summed E-state index contributed by atoms with van der Waals surface area (Å²) in [5, 5.41) is 0. The van der Waals surface area contributed by atoms with Crippen LogP contribution in [0.2, 0.25) is 0 Å².